The Hall–Kier alpha value is -0.550. The fourth-order valence-electron chi connectivity index (χ4n) is 0.425. The first-order chi connectivity index (χ1) is 4.86. The number of thioether (sulfide) groups is 1. The highest BCUT2D eigenvalue weighted by Crippen LogP contribution is 2.07. The summed E-state index contributed by atoms with van der Waals surface area (Å²) in [6, 6.07) is 0. The van der Waals surface area contributed by atoms with Gasteiger partial charge in [0, 0.05) is 11.8 Å². The molecule has 0 aliphatic heterocycles. The van der Waals surface area contributed by atoms with E-state index in [2.05, 4.69) is 19.8 Å². The molecule has 0 spiro atoms. The van der Waals surface area contributed by atoms with Crippen molar-refractivity contribution in [3.63, 3.8) is 0 Å². The number of hydrogen-bond acceptors (Lipinski definition) is 5. The van der Waals surface area contributed by atoms with Gasteiger partial charge in [0.1, 0.15) is 6.33 Å². The second-order valence-electron chi connectivity index (χ2n) is 1.39. The first-order valence-corrected chi connectivity index (χ1v) is 4.06. The minimum atomic E-state index is 0.376. The van der Waals surface area contributed by atoms with E-state index in [-0.39, 0.29) is 0 Å². The fraction of sp³-hybridized carbons (Fsp3) is 0.250. The predicted octanol–water partition coefficient (Wildman–Crippen LogP) is 1.16. The van der Waals surface area contributed by atoms with Crippen molar-refractivity contribution in [2.45, 2.75) is 5.16 Å². The van der Waals surface area contributed by atoms with Crippen LogP contribution >= 0.6 is 23.5 Å². The molecule has 10 heavy (non-hydrogen) atoms. The minimum absolute atomic E-state index is 0.376. The smallest absolute Gasteiger partial charge is 0.241 e. The van der Waals surface area contributed by atoms with Gasteiger partial charge in [0.15, 0.2) is 5.16 Å². The molecule has 1 rings (SSSR count). The van der Waals surface area contributed by atoms with Crippen LogP contribution in [0.25, 0.3) is 0 Å². The number of nitrogens with zero attached hydrogens (tertiary/aromatic N) is 3. The first-order valence-electron chi connectivity index (χ1n) is 2.46. The van der Waals surface area contributed by atoms with E-state index in [0.717, 1.165) is 0 Å². The van der Waals surface area contributed by atoms with Crippen molar-refractivity contribution in [2.24, 2.45) is 0 Å². The lowest BCUT2D eigenvalue weighted by Gasteiger charge is -1.95. The summed E-state index contributed by atoms with van der Waals surface area (Å²) in [7, 11) is 0. The average Bonchev–Trinajstić information content (AvgIpc) is 2.05. The Morgan fingerprint density at radius 3 is 3.00 bits per heavy atom. The highest BCUT2D eigenvalue weighted by molar-refractivity contribution is 7.98. The Bertz CT molecular complexity index is 199. The molecule has 0 amide bonds. The molecule has 54 valence electrons. The van der Waals surface area contributed by atoms with Gasteiger partial charge < -0.3 is 0 Å². The summed E-state index contributed by atoms with van der Waals surface area (Å²) in [4.78, 5) is 13.8. The third-order valence-corrected chi connectivity index (χ3v) is 1.55. The van der Waals surface area contributed by atoms with Crippen molar-refractivity contribution in [2.75, 3.05) is 11.1 Å². The van der Waals surface area contributed by atoms with E-state index in [1.54, 1.807) is 0 Å². The van der Waals surface area contributed by atoms with Gasteiger partial charge in [-0.1, -0.05) is 11.8 Å². The first kappa shape index (κ1) is 7.56. The maximum atomic E-state index is 5.24. The van der Waals surface area contributed by atoms with Gasteiger partial charge >= 0.3 is 0 Å². The van der Waals surface area contributed by atoms with Crippen molar-refractivity contribution in [3.8, 4) is 0 Å². The van der Waals surface area contributed by atoms with Gasteiger partial charge in [0.2, 0.25) is 5.95 Å². The van der Waals surface area contributed by atoms with Crippen molar-refractivity contribution in [1.82, 2.24) is 15.0 Å². The summed E-state index contributed by atoms with van der Waals surface area (Å²) in [5.41, 5.74) is 0. The molecule has 1 heterocycles. The zero-order valence-electron chi connectivity index (χ0n) is 5.21. The molecular formula is C4H5ClN4S. The van der Waals surface area contributed by atoms with Crippen molar-refractivity contribution < 1.29 is 0 Å². The van der Waals surface area contributed by atoms with Gasteiger partial charge in [-0.3, -0.25) is 4.84 Å². The van der Waals surface area contributed by atoms with Gasteiger partial charge in [-0.05, 0) is 6.26 Å². The maximum Gasteiger partial charge on any atom is 0.241 e. The number of hydrogen-bond donors (Lipinski definition) is 1. The molecule has 1 aromatic rings. The van der Waals surface area contributed by atoms with E-state index < -0.39 is 0 Å². The number of rotatable bonds is 2. The number of nitrogens with one attached hydrogen (secondary N) is 1. The molecule has 0 aromatic carbocycles. The number of halogens is 1. The van der Waals surface area contributed by atoms with Gasteiger partial charge in [-0.15, -0.1) is 0 Å². The van der Waals surface area contributed by atoms with Crippen LogP contribution in [0.5, 0.6) is 0 Å². The van der Waals surface area contributed by atoms with Gasteiger partial charge in [0.25, 0.3) is 0 Å². The van der Waals surface area contributed by atoms with Crippen LogP contribution in [-0.4, -0.2) is 21.2 Å². The van der Waals surface area contributed by atoms with E-state index in [4.69, 9.17) is 11.8 Å². The van der Waals surface area contributed by atoms with Gasteiger partial charge in [0.05, 0.1) is 0 Å². The average molecular weight is 177 g/mol. The zero-order chi connectivity index (χ0) is 7.40. The summed E-state index contributed by atoms with van der Waals surface area (Å²) in [5.74, 6) is 0.376. The number of anilines is 1. The molecule has 0 fully saturated rings. The third-order valence-electron chi connectivity index (χ3n) is 0.817. The molecular weight excluding hydrogens is 172 g/mol. The Balaban J connectivity index is 2.87. The van der Waals surface area contributed by atoms with E-state index >= 15 is 0 Å². The van der Waals surface area contributed by atoms with Crippen molar-refractivity contribution >= 4 is 29.5 Å². The lowest BCUT2D eigenvalue weighted by atomic mass is 11.0. The topological polar surface area (TPSA) is 50.7 Å². The molecule has 1 N–H and O–H groups in total. The maximum absolute atomic E-state index is 5.24. The summed E-state index contributed by atoms with van der Waals surface area (Å²) in [6.07, 6.45) is 3.29. The highest BCUT2D eigenvalue weighted by Gasteiger charge is 1.95. The molecule has 0 saturated carbocycles. The molecule has 0 atom stereocenters. The Kier molecular flexibility index (Phi) is 2.70. The minimum Gasteiger partial charge on any atom is -0.266 e. The molecule has 0 radical (unpaired) electrons. The third kappa shape index (κ3) is 1.71. The second-order valence-corrected chi connectivity index (χ2v) is 2.35. The predicted molar refractivity (Wildman–Crippen MR) is 41.1 cm³/mol. The van der Waals surface area contributed by atoms with E-state index in [1.165, 1.54) is 18.1 Å². The van der Waals surface area contributed by atoms with Crippen LogP contribution in [0.15, 0.2) is 11.5 Å². The fourth-order valence-corrected chi connectivity index (χ4v) is 0.847. The lowest BCUT2D eigenvalue weighted by molar-refractivity contribution is 0.918. The molecule has 0 bridgehead atoms. The lowest BCUT2D eigenvalue weighted by Crippen LogP contribution is -1.93. The standard InChI is InChI=1S/C4H5ClN4S/c1-10-4-7-2-6-3(8-4)9-5/h2H,1H3,(H,6,7,8,9). The van der Waals surface area contributed by atoms with E-state index in [1.807, 2.05) is 6.26 Å². The Morgan fingerprint density at radius 2 is 2.40 bits per heavy atom. The SMILES string of the molecule is CSc1ncnc(NCl)n1. The molecule has 0 unspecified atom stereocenters. The quantitative estimate of drug-likeness (QED) is 0.542. The Morgan fingerprint density at radius 1 is 1.60 bits per heavy atom. The van der Waals surface area contributed by atoms with Crippen molar-refractivity contribution in [3.05, 3.63) is 6.33 Å². The molecule has 0 saturated heterocycles. The van der Waals surface area contributed by atoms with Crippen LogP contribution in [0.1, 0.15) is 0 Å². The highest BCUT2D eigenvalue weighted by atomic mass is 35.5. The van der Waals surface area contributed by atoms with Crippen LogP contribution in [-0.2, 0) is 0 Å². The molecule has 0 aliphatic rings. The van der Waals surface area contributed by atoms with Crippen LogP contribution < -0.4 is 4.84 Å². The van der Waals surface area contributed by atoms with Crippen molar-refractivity contribution in [1.29, 1.82) is 0 Å². The van der Waals surface area contributed by atoms with Gasteiger partial charge in [-0.25, -0.2) is 9.97 Å². The van der Waals surface area contributed by atoms with Crippen LogP contribution in [0.2, 0.25) is 0 Å². The summed E-state index contributed by atoms with van der Waals surface area (Å²) in [6.45, 7) is 0. The van der Waals surface area contributed by atoms with Crippen LogP contribution in [0.4, 0.5) is 5.95 Å². The largest absolute Gasteiger partial charge is 0.266 e. The summed E-state index contributed by atoms with van der Waals surface area (Å²) in [5, 5.41) is 0.651. The zero-order valence-corrected chi connectivity index (χ0v) is 6.78. The van der Waals surface area contributed by atoms with Crippen LogP contribution in [0, 0.1) is 0 Å². The van der Waals surface area contributed by atoms with Crippen LogP contribution in [0.3, 0.4) is 0 Å². The normalized spacial score (nSPS) is 9.40. The number of aromatic nitrogens is 3. The Labute approximate surface area is 67.5 Å². The second kappa shape index (κ2) is 3.58. The molecule has 4 nitrogen and oxygen atoms in total. The van der Waals surface area contributed by atoms with E-state index in [9.17, 15) is 0 Å². The molecule has 1 aromatic heterocycles. The van der Waals surface area contributed by atoms with Gasteiger partial charge in [-0.2, -0.15) is 4.98 Å². The monoisotopic (exact) mass is 176 g/mol. The summed E-state index contributed by atoms with van der Waals surface area (Å²) < 4.78 is 0. The summed E-state index contributed by atoms with van der Waals surface area (Å²) >= 11 is 6.68. The molecule has 6 heteroatoms. The van der Waals surface area contributed by atoms with E-state index in [0.29, 0.717) is 11.1 Å². The molecule has 0 aliphatic carbocycles.